The predicted octanol–water partition coefficient (Wildman–Crippen LogP) is 3.47. The van der Waals surface area contributed by atoms with Crippen LogP contribution in [0.15, 0.2) is 16.7 Å². The van der Waals surface area contributed by atoms with Crippen LogP contribution in [0.4, 0.5) is 0 Å². The summed E-state index contributed by atoms with van der Waals surface area (Å²) in [6, 6.07) is 1.95. The summed E-state index contributed by atoms with van der Waals surface area (Å²) in [4.78, 5) is 17.7. The van der Waals surface area contributed by atoms with E-state index in [0.717, 1.165) is 27.4 Å². The van der Waals surface area contributed by atoms with Gasteiger partial charge in [0.05, 0.1) is 5.69 Å². The SMILES string of the molecule is CC.Cc1c(C=O)[nH]c2ncc(Br)cc12. The zero-order chi connectivity index (χ0) is 11.4. The molecular formula is C11H13BrN2O. The molecule has 0 bridgehead atoms. The second-order valence-corrected chi connectivity index (χ2v) is 3.75. The van der Waals surface area contributed by atoms with E-state index in [0.29, 0.717) is 5.69 Å². The minimum atomic E-state index is 0.598. The Kier molecular flexibility index (Phi) is 4.03. The number of rotatable bonds is 1. The Bertz CT molecular complexity index is 477. The highest BCUT2D eigenvalue weighted by molar-refractivity contribution is 9.10. The van der Waals surface area contributed by atoms with Crippen molar-refractivity contribution in [1.82, 2.24) is 9.97 Å². The fraction of sp³-hybridized carbons (Fsp3) is 0.273. The molecule has 3 nitrogen and oxygen atoms in total. The van der Waals surface area contributed by atoms with Crippen LogP contribution in [-0.2, 0) is 0 Å². The summed E-state index contributed by atoms with van der Waals surface area (Å²) in [5, 5.41) is 0.983. The Morgan fingerprint density at radius 1 is 1.47 bits per heavy atom. The Morgan fingerprint density at radius 2 is 2.13 bits per heavy atom. The van der Waals surface area contributed by atoms with Crippen molar-refractivity contribution in [3.05, 3.63) is 28.0 Å². The van der Waals surface area contributed by atoms with Crippen LogP contribution in [0.1, 0.15) is 29.9 Å². The lowest BCUT2D eigenvalue weighted by molar-refractivity contribution is 0.111. The number of nitrogens with zero attached hydrogens (tertiary/aromatic N) is 1. The zero-order valence-electron chi connectivity index (χ0n) is 8.97. The largest absolute Gasteiger partial charge is 0.337 e. The third kappa shape index (κ3) is 2.26. The first-order chi connectivity index (χ1) is 7.22. The molecule has 1 N–H and O–H groups in total. The van der Waals surface area contributed by atoms with Gasteiger partial charge in [0.1, 0.15) is 5.65 Å². The minimum absolute atomic E-state index is 0.598. The standard InChI is InChI=1S/C9H7BrN2O.C2H6/c1-5-7-2-6(10)3-11-9(7)12-8(5)4-13;1-2/h2-4H,1H3,(H,11,12);1-2H3. The van der Waals surface area contributed by atoms with E-state index in [-0.39, 0.29) is 0 Å². The average Bonchev–Trinajstić information content (AvgIpc) is 2.59. The lowest BCUT2D eigenvalue weighted by atomic mass is 10.2. The number of carbonyl (C=O) groups is 1. The van der Waals surface area contributed by atoms with Crippen molar-refractivity contribution in [2.75, 3.05) is 0 Å². The van der Waals surface area contributed by atoms with Gasteiger partial charge in [-0.2, -0.15) is 0 Å². The summed E-state index contributed by atoms with van der Waals surface area (Å²) in [5.41, 5.74) is 2.29. The summed E-state index contributed by atoms with van der Waals surface area (Å²) < 4.78 is 0.916. The highest BCUT2D eigenvalue weighted by atomic mass is 79.9. The number of aldehydes is 1. The highest BCUT2D eigenvalue weighted by Crippen LogP contribution is 2.21. The van der Waals surface area contributed by atoms with E-state index >= 15 is 0 Å². The van der Waals surface area contributed by atoms with Crippen LogP contribution < -0.4 is 0 Å². The fourth-order valence-corrected chi connectivity index (χ4v) is 1.64. The summed E-state index contributed by atoms with van der Waals surface area (Å²) in [5.74, 6) is 0. The molecule has 2 heterocycles. The second kappa shape index (κ2) is 5.07. The van der Waals surface area contributed by atoms with Gasteiger partial charge in [0.15, 0.2) is 6.29 Å². The number of carbonyl (C=O) groups excluding carboxylic acids is 1. The van der Waals surface area contributed by atoms with Gasteiger partial charge in [-0.3, -0.25) is 4.79 Å². The van der Waals surface area contributed by atoms with Crippen molar-refractivity contribution in [3.63, 3.8) is 0 Å². The molecule has 0 aliphatic rings. The highest BCUT2D eigenvalue weighted by Gasteiger charge is 2.07. The van der Waals surface area contributed by atoms with E-state index < -0.39 is 0 Å². The number of nitrogens with one attached hydrogen (secondary N) is 1. The van der Waals surface area contributed by atoms with Crippen LogP contribution >= 0.6 is 15.9 Å². The van der Waals surface area contributed by atoms with Gasteiger partial charge in [0, 0.05) is 16.1 Å². The maximum absolute atomic E-state index is 10.6. The molecule has 0 aliphatic carbocycles. The van der Waals surface area contributed by atoms with E-state index in [9.17, 15) is 4.79 Å². The molecule has 2 aromatic rings. The Balaban J connectivity index is 0.000000531. The van der Waals surface area contributed by atoms with Crippen molar-refractivity contribution < 1.29 is 4.79 Å². The van der Waals surface area contributed by atoms with Gasteiger partial charge in [-0.05, 0) is 34.5 Å². The van der Waals surface area contributed by atoms with E-state index in [4.69, 9.17) is 0 Å². The number of aryl methyl sites for hydroxylation is 1. The van der Waals surface area contributed by atoms with Crippen LogP contribution in [0.3, 0.4) is 0 Å². The first-order valence-electron chi connectivity index (χ1n) is 4.81. The van der Waals surface area contributed by atoms with Crippen LogP contribution in [0.25, 0.3) is 11.0 Å². The van der Waals surface area contributed by atoms with E-state index in [1.165, 1.54) is 0 Å². The summed E-state index contributed by atoms with van der Waals surface area (Å²) >= 11 is 3.33. The average molecular weight is 269 g/mol. The number of halogens is 1. The van der Waals surface area contributed by atoms with Gasteiger partial charge < -0.3 is 4.98 Å². The molecule has 2 aromatic heterocycles. The van der Waals surface area contributed by atoms with Crippen molar-refractivity contribution in [2.24, 2.45) is 0 Å². The molecule has 2 rings (SSSR count). The number of aromatic nitrogens is 2. The van der Waals surface area contributed by atoms with Crippen molar-refractivity contribution in [3.8, 4) is 0 Å². The van der Waals surface area contributed by atoms with Gasteiger partial charge in [0.2, 0.25) is 0 Å². The number of fused-ring (bicyclic) bond motifs is 1. The minimum Gasteiger partial charge on any atom is -0.337 e. The molecule has 15 heavy (non-hydrogen) atoms. The summed E-state index contributed by atoms with van der Waals surface area (Å²) in [7, 11) is 0. The topological polar surface area (TPSA) is 45.8 Å². The molecule has 0 radical (unpaired) electrons. The van der Waals surface area contributed by atoms with Gasteiger partial charge in [-0.25, -0.2) is 4.98 Å². The van der Waals surface area contributed by atoms with Crippen molar-refractivity contribution in [1.29, 1.82) is 0 Å². The number of hydrogen-bond acceptors (Lipinski definition) is 2. The van der Waals surface area contributed by atoms with Crippen molar-refractivity contribution >= 4 is 33.2 Å². The summed E-state index contributed by atoms with van der Waals surface area (Å²) in [6.45, 7) is 5.90. The Hall–Kier alpha value is -1.16. The molecule has 0 saturated heterocycles. The molecule has 0 unspecified atom stereocenters. The second-order valence-electron chi connectivity index (χ2n) is 2.83. The third-order valence-electron chi connectivity index (χ3n) is 2.03. The molecule has 0 saturated carbocycles. The van der Waals surface area contributed by atoms with Gasteiger partial charge in [0.25, 0.3) is 0 Å². The van der Waals surface area contributed by atoms with Crippen LogP contribution in [0.5, 0.6) is 0 Å². The monoisotopic (exact) mass is 268 g/mol. The molecule has 4 heteroatoms. The van der Waals surface area contributed by atoms with Crippen LogP contribution in [0, 0.1) is 6.92 Å². The third-order valence-corrected chi connectivity index (χ3v) is 2.47. The van der Waals surface area contributed by atoms with Gasteiger partial charge in [-0.1, -0.05) is 13.8 Å². The number of aromatic amines is 1. The molecule has 0 spiro atoms. The van der Waals surface area contributed by atoms with E-state index in [2.05, 4.69) is 25.9 Å². The number of pyridine rings is 1. The molecular weight excluding hydrogens is 256 g/mol. The summed E-state index contributed by atoms with van der Waals surface area (Å²) in [6.07, 6.45) is 2.51. The molecule has 80 valence electrons. The molecule has 0 fully saturated rings. The molecule has 0 aromatic carbocycles. The van der Waals surface area contributed by atoms with Gasteiger partial charge in [-0.15, -0.1) is 0 Å². The van der Waals surface area contributed by atoms with E-state index in [1.54, 1.807) is 6.20 Å². The molecule has 0 amide bonds. The molecule has 0 aliphatic heterocycles. The number of H-pyrrole nitrogens is 1. The Labute approximate surface area is 97.0 Å². The first-order valence-corrected chi connectivity index (χ1v) is 5.60. The maximum atomic E-state index is 10.6. The normalized spacial score (nSPS) is 9.60. The first kappa shape index (κ1) is 11.9. The fourth-order valence-electron chi connectivity index (χ4n) is 1.31. The Morgan fingerprint density at radius 3 is 2.73 bits per heavy atom. The lowest BCUT2D eigenvalue weighted by Gasteiger charge is -1.91. The zero-order valence-corrected chi connectivity index (χ0v) is 10.6. The predicted molar refractivity (Wildman–Crippen MR) is 65.3 cm³/mol. The smallest absolute Gasteiger partial charge is 0.166 e. The van der Waals surface area contributed by atoms with Crippen molar-refractivity contribution in [2.45, 2.75) is 20.8 Å². The number of hydrogen-bond donors (Lipinski definition) is 1. The van der Waals surface area contributed by atoms with Crippen LogP contribution in [0.2, 0.25) is 0 Å². The molecule has 0 atom stereocenters. The van der Waals surface area contributed by atoms with E-state index in [1.807, 2.05) is 26.8 Å². The maximum Gasteiger partial charge on any atom is 0.166 e. The van der Waals surface area contributed by atoms with Crippen LogP contribution in [-0.4, -0.2) is 16.3 Å². The lowest BCUT2D eigenvalue weighted by Crippen LogP contribution is -1.80. The quantitative estimate of drug-likeness (QED) is 0.805. The van der Waals surface area contributed by atoms with Gasteiger partial charge >= 0.3 is 0 Å².